The van der Waals surface area contributed by atoms with E-state index in [0.717, 1.165) is 0 Å². The molecule has 26 heteroatoms. The lowest BCUT2D eigenvalue weighted by atomic mass is 9.97. The number of benzene rings is 5. The smallest absolute Gasteiger partial charge is 0.408 e. The van der Waals surface area contributed by atoms with E-state index in [2.05, 4.69) is 26.6 Å². The van der Waals surface area contributed by atoms with Gasteiger partial charge in [-0.05, 0) is 62.4 Å². The van der Waals surface area contributed by atoms with E-state index in [1.165, 1.54) is 34.6 Å². The fourth-order valence-electron chi connectivity index (χ4n) is 7.73. The minimum Gasteiger partial charge on any atom is -0.461 e. The summed E-state index contributed by atoms with van der Waals surface area (Å²) < 4.78 is 61.8. The topological polar surface area (TPSA) is 332 Å². The van der Waals surface area contributed by atoms with Gasteiger partial charge in [0.15, 0.2) is 12.2 Å². The van der Waals surface area contributed by atoms with Crippen LogP contribution < -0.4 is 26.6 Å². The van der Waals surface area contributed by atoms with Crippen molar-refractivity contribution in [2.45, 2.75) is 129 Å². The monoisotopic (exact) mass is 1210 g/mol. The molecule has 1 aliphatic heterocycles. The number of carbonyl (C=O) groups is 10. The molecule has 5 N–H and O–H groups in total. The quantitative estimate of drug-likeness (QED) is 0.0308. The van der Waals surface area contributed by atoms with E-state index in [1.807, 2.05) is 0 Å². The largest absolute Gasteiger partial charge is 0.461 e. The molecule has 26 nitrogen and oxygen atoms in total. The molecular formula is C61H67N5O21. The molecule has 462 valence electrons. The van der Waals surface area contributed by atoms with E-state index >= 15 is 0 Å². The summed E-state index contributed by atoms with van der Waals surface area (Å²) in [6, 6.07) is 34.8. The van der Waals surface area contributed by atoms with E-state index in [0.29, 0.717) is 27.8 Å². The molecule has 5 aromatic rings. The first kappa shape index (κ1) is 65.9. The summed E-state index contributed by atoms with van der Waals surface area (Å²) in [5.41, 5.74) is 3.03. The predicted molar refractivity (Wildman–Crippen MR) is 301 cm³/mol. The van der Waals surface area contributed by atoms with Crippen molar-refractivity contribution < 1.29 is 100 Å². The van der Waals surface area contributed by atoms with Gasteiger partial charge in [0, 0.05) is 0 Å². The SMILES string of the molecule is CC(NC(=O)OCc1ccccc1)C(=O)OCC1OC(OC(=O)C(C)NC(=O)OCc2ccccc2)C(OC(=O)C(C)NC(=O)OCc2ccccc2)C(OC(=O)C(C)NC(=O)OCc2ccccc2)C1OC(=O)C(C)NC(=O)OCc1ccccc1. The average molecular weight is 1210 g/mol. The lowest BCUT2D eigenvalue weighted by Gasteiger charge is -2.44. The Bertz CT molecular complexity index is 3070. The molecule has 10 atom stereocenters. The Labute approximate surface area is 500 Å². The Hall–Kier alpha value is -10.2. The normalized spacial score (nSPS) is 17.6. The van der Waals surface area contributed by atoms with Gasteiger partial charge < -0.3 is 78.7 Å². The van der Waals surface area contributed by atoms with E-state index in [9.17, 15) is 47.9 Å². The highest BCUT2D eigenvalue weighted by Crippen LogP contribution is 2.31. The molecule has 0 saturated carbocycles. The Morgan fingerprint density at radius 2 is 0.563 bits per heavy atom. The van der Waals surface area contributed by atoms with Gasteiger partial charge in [-0.2, -0.15) is 0 Å². The third-order valence-corrected chi connectivity index (χ3v) is 12.5. The molecule has 0 bridgehead atoms. The predicted octanol–water partition coefficient (Wildman–Crippen LogP) is 6.11. The van der Waals surface area contributed by atoms with Crippen molar-refractivity contribution >= 4 is 60.3 Å². The Morgan fingerprint density at radius 1 is 0.322 bits per heavy atom. The molecule has 6 rings (SSSR count). The first-order valence-corrected chi connectivity index (χ1v) is 27.3. The maximum absolute atomic E-state index is 14.4. The van der Waals surface area contributed by atoms with Crippen molar-refractivity contribution in [1.82, 2.24) is 26.6 Å². The summed E-state index contributed by atoms with van der Waals surface area (Å²) >= 11 is 0. The number of rotatable bonds is 26. The Kier molecular flexibility index (Phi) is 25.7. The van der Waals surface area contributed by atoms with Gasteiger partial charge in [0.2, 0.25) is 12.4 Å². The Morgan fingerprint density at radius 3 is 0.851 bits per heavy atom. The highest BCUT2D eigenvalue weighted by atomic mass is 16.8. The van der Waals surface area contributed by atoms with Crippen LogP contribution in [-0.2, 0) is 109 Å². The molecule has 5 amide bonds. The molecular weight excluding hydrogens is 1140 g/mol. The zero-order valence-electron chi connectivity index (χ0n) is 48.0. The van der Waals surface area contributed by atoms with Crippen LogP contribution in [0.5, 0.6) is 0 Å². The fraction of sp³-hybridized carbons (Fsp3) is 0.344. The minimum atomic E-state index is -2.29. The summed E-state index contributed by atoms with van der Waals surface area (Å²) in [5, 5.41) is 11.6. The molecule has 0 radical (unpaired) electrons. The van der Waals surface area contributed by atoms with Crippen molar-refractivity contribution in [1.29, 1.82) is 0 Å². The van der Waals surface area contributed by atoms with Gasteiger partial charge in [-0.25, -0.2) is 47.9 Å². The number of amides is 5. The molecule has 1 heterocycles. The van der Waals surface area contributed by atoms with Gasteiger partial charge in [-0.15, -0.1) is 0 Å². The van der Waals surface area contributed by atoms with Crippen LogP contribution in [0, 0.1) is 0 Å². The van der Waals surface area contributed by atoms with Gasteiger partial charge in [-0.1, -0.05) is 152 Å². The van der Waals surface area contributed by atoms with Gasteiger partial charge in [0.1, 0.15) is 76.0 Å². The molecule has 0 spiro atoms. The second kappa shape index (κ2) is 33.9. The molecule has 10 unspecified atom stereocenters. The van der Waals surface area contributed by atoms with Crippen LogP contribution in [0.4, 0.5) is 24.0 Å². The minimum absolute atomic E-state index is 0.166. The number of carbonyl (C=O) groups excluding carboxylic acids is 10. The van der Waals surface area contributed by atoms with Crippen molar-refractivity contribution in [3.63, 3.8) is 0 Å². The summed E-state index contributed by atoms with van der Waals surface area (Å²) in [6.45, 7) is 3.93. The first-order valence-electron chi connectivity index (χ1n) is 27.3. The van der Waals surface area contributed by atoms with E-state index in [-0.39, 0.29) is 33.0 Å². The molecule has 0 aliphatic carbocycles. The van der Waals surface area contributed by atoms with Crippen LogP contribution in [0.15, 0.2) is 152 Å². The summed E-state index contributed by atoms with van der Waals surface area (Å²) in [4.78, 5) is 136. The summed E-state index contributed by atoms with van der Waals surface area (Å²) in [6.07, 6.45) is -16.2. The number of ether oxygens (including phenoxy) is 11. The van der Waals surface area contributed by atoms with Crippen LogP contribution in [0.25, 0.3) is 0 Å². The fourth-order valence-corrected chi connectivity index (χ4v) is 7.73. The van der Waals surface area contributed by atoms with Crippen molar-refractivity contribution in [3.05, 3.63) is 179 Å². The second-order valence-electron chi connectivity index (χ2n) is 19.5. The van der Waals surface area contributed by atoms with Crippen LogP contribution in [0.3, 0.4) is 0 Å². The molecule has 1 aliphatic rings. The van der Waals surface area contributed by atoms with Gasteiger partial charge in [-0.3, -0.25) is 0 Å². The van der Waals surface area contributed by atoms with Gasteiger partial charge in [0.05, 0.1) is 0 Å². The molecule has 5 aromatic carbocycles. The first-order chi connectivity index (χ1) is 41.8. The van der Waals surface area contributed by atoms with Crippen LogP contribution >= 0.6 is 0 Å². The maximum atomic E-state index is 14.4. The number of hydrogen-bond acceptors (Lipinski definition) is 21. The molecule has 0 aromatic heterocycles. The zero-order valence-corrected chi connectivity index (χ0v) is 48.0. The lowest BCUT2D eigenvalue weighted by molar-refractivity contribution is -0.302. The zero-order chi connectivity index (χ0) is 62.7. The Balaban J connectivity index is 1.33. The van der Waals surface area contributed by atoms with Crippen LogP contribution in [0.1, 0.15) is 62.4 Å². The van der Waals surface area contributed by atoms with Crippen molar-refractivity contribution in [2.75, 3.05) is 6.61 Å². The maximum Gasteiger partial charge on any atom is 0.408 e. The van der Waals surface area contributed by atoms with E-state index < -0.39 is 128 Å². The molecule has 1 fully saturated rings. The van der Waals surface area contributed by atoms with Crippen LogP contribution in [-0.4, -0.2) is 128 Å². The number of hydrogen-bond donors (Lipinski definition) is 5. The third kappa shape index (κ3) is 22.4. The molecule has 1 saturated heterocycles. The number of nitrogens with one attached hydrogen (secondary N) is 5. The lowest BCUT2D eigenvalue weighted by Crippen LogP contribution is -2.65. The molecule has 87 heavy (non-hydrogen) atoms. The summed E-state index contributed by atoms with van der Waals surface area (Å²) in [5.74, 6) is -6.42. The number of alkyl carbamates (subject to hydrolysis) is 5. The summed E-state index contributed by atoms with van der Waals surface area (Å²) in [7, 11) is 0. The van der Waals surface area contributed by atoms with Gasteiger partial charge in [0.25, 0.3) is 0 Å². The van der Waals surface area contributed by atoms with E-state index in [4.69, 9.17) is 52.1 Å². The van der Waals surface area contributed by atoms with E-state index in [1.54, 1.807) is 152 Å². The van der Waals surface area contributed by atoms with Crippen LogP contribution in [0.2, 0.25) is 0 Å². The highest BCUT2D eigenvalue weighted by molar-refractivity contribution is 5.84. The van der Waals surface area contributed by atoms with Crippen molar-refractivity contribution in [3.8, 4) is 0 Å². The third-order valence-electron chi connectivity index (χ3n) is 12.5. The highest BCUT2D eigenvalue weighted by Gasteiger charge is 2.55. The van der Waals surface area contributed by atoms with Crippen molar-refractivity contribution in [2.24, 2.45) is 0 Å². The second-order valence-corrected chi connectivity index (χ2v) is 19.5. The number of esters is 5. The average Bonchev–Trinajstić information content (AvgIpc) is 1.54. The standard InChI is InChI=1S/C61H67N5O21/c1-37(62-57(72)78-31-42-21-11-6-12-22-42)51(67)77-36-47-48(84-52(68)38(2)63-58(73)79-32-43-23-13-7-14-24-43)49(85-53(69)39(3)64-59(74)80-33-44-25-15-8-16-26-44)50(86-54(70)40(4)65-60(75)81-34-45-27-17-9-18-28-45)56(83-47)87-55(71)41(5)66-61(76)82-35-46-29-19-10-20-30-46/h6-30,37-41,47-50,56H,31-36H2,1-5H3,(H,62,72)(H,63,73)(H,64,74)(H,65,75)(H,66,76). The van der Waals surface area contributed by atoms with Gasteiger partial charge >= 0.3 is 60.3 Å².